The highest BCUT2D eigenvalue weighted by Gasteiger charge is 2.63. The third-order valence-electron chi connectivity index (χ3n) is 16.8. The van der Waals surface area contributed by atoms with Crippen molar-refractivity contribution in [2.45, 2.75) is 190 Å². The fourth-order valence-corrected chi connectivity index (χ4v) is 12.5. The molecule has 2 saturated carbocycles. The van der Waals surface area contributed by atoms with E-state index in [-0.39, 0.29) is 76.9 Å². The van der Waals surface area contributed by atoms with Crippen LogP contribution in [0.2, 0.25) is 15.6 Å². The maximum atomic E-state index is 14.2. The van der Waals surface area contributed by atoms with E-state index in [1.807, 2.05) is 24.3 Å². The van der Waals surface area contributed by atoms with Gasteiger partial charge in [0.15, 0.2) is 0 Å². The Labute approximate surface area is 587 Å². The van der Waals surface area contributed by atoms with E-state index in [0.29, 0.717) is 49.9 Å². The normalized spacial score (nSPS) is 26.2. The van der Waals surface area contributed by atoms with Crippen molar-refractivity contribution in [3.8, 4) is 11.8 Å². The van der Waals surface area contributed by atoms with Gasteiger partial charge in [0.05, 0.1) is 27.3 Å². The largest absolute Gasteiger partial charge is 0.472 e. The van der Waals surface area contributed by atoms with E-state index in [1.165, 1.54) is 84.7 Å². The van der Waals surface area contributed by atoms with Crippen molar-refractivity contribution < 1.29 is 75.6 Å². The van der Waals surface area contributed by atoms with Crippen LogP contribution in [0.15, 0.2) is 85.0 Å². The Hall–Kier alpha value is -8.63. The predicted octanol–water partition coefficient (Wildman–Crippen LogP) is 9.82. The molecular formula is C68H85Cl3F2N12O14. The number of methoxy groups -OCH3 is 2. The molecule has 536 valence electrons. The first-order chi connectivity index (χ1) is 46.9. The number of anilines is 3. The second-order valence-corrected chi connectivity index (χ2v) is 28.0. The average Bonchev–Trinajstić information content (AvgIpc) is 1.59. The molecule has 0 bridgehead atoms. The molecule has 0 spiro atoms. The Morgan fingerprint density at radius 3 is 1.43 bits per heavy atom. The number of nitrogens with two attached hydrogens (primary N) is 1. The zero-order valence-corrected chi connectivity index (χ0v) is 58.6. The molecule has 26 nitrogen and oxygen atoms in total. The van der Waals surface area contributed by atoms with Crippen LogP contribution in [0.3, 0.4) is 0 Å². The number of aromatic nitrogens is 4. The highest BCUT2D eigenvalue weighted by Crippen LogP contribution is 2.47. The maximum Gasteiger partial charge on any atom is 0.408 e. The Kier molecular flexibility index (Phi) is 25.7. The van der Waals surface area contributed by atoms with Gasteiger partial charge in [0.25, 0.3) is 0 Å². The summed E-state index contributed by atoms with van der Waals surface area (Å²) >= 11 is 18.2. The molecule has 0 unspecified atom stereocenters. The number of esters is 2. The Balaban J connectivity index is 0.000000228. The summed E-state index contributed by atoms with van der Waals surface area (Å²) in [6.45, 7) is 10.4. The Morgan fingerprint density at radius 1 is 0.596 bits per heavy atom. The number of ether oxygens (including phenoxy) is 6. The van der Waals surface area contributed by atoms with Gasteiger partial charge < -0.3 is 70.5 Å². The van der Waals surface area contributed by atoms with Gasteiger partial charge in [-0.2, -0.15) is 9.97 Å². The molecule has 31 heteroatoms. The van der Waals surface area contributed by atoms with E-state index in [4.69, 9.17) is 69.0 Å². The summed E-state index contributed by atoms with van der Waals surface area (Å²) in [5, 5.41) is 14.2. The van der Waals surface area contributed by atoms with Gasteiger partial charge in [0.1, 0.15) is 80.6 Å². The molecule has 4 aromatic rings. The Morgan fingerprint density at radius 2 is 1.02 bits per heavy atom. The van der Waals surface area contributed by atoms with Crippen molar-refractivity contribution in [2.75, 3.05) is 38.4 Å². The SMILES string of the molecule is COC(=O)[C@@]12C[C@H]1/C=C\CCCCC[C@H](NC(=O)OC(C)(C)C)C(=O)N1C[C@H](Oc3cc(Cl)nc(Cl)n3)C[C@H]1C(=O)N2.COC(=O)[C@@]12C[C@H]1/C=C\CCCCC[C@H](NC(=O)OC(C)(C)C)C(=O)N1C[C@H](Oc3cc(Cl)nc(Nc4ccc(F)cc4)n3)C[C@H]1C(=O)N2.Nc1ccc(F)cc1. The number of allylic oxidation sites excluding steroid dienone is 2. The number of benzene rings is 2. The van der Waals surface area contributed by atoms with Crippen molar-refractivity contribution in [3.05, 3.63) is 112 Å². The van der Waals surface area contributed by atoms with Crippen molar-refractivity contribution in [3.63, 3.8) is 0 Å². The van der Waals surface area contributed by atoms with Crippen LogP contribution in [0.1, 0.15) is 131 Å². The lowest BCUT2D eigenvalue weighted by molar-refractivity contribution is -0.148. The monoisotopic (exact) mass is 1440 g/mol. The second-order valence-electron chi connectivity index (χ2n) is 26.9. The number of nitrogens with zero attached hydrogens (tertiary/aromatic N) is 6. The van der Waals surface area contributed by atoms with Crippen LogP contribution in [0.5, 0.6) is 11.8 Å². The van der Waals surface area contributed by atoms with Crippen molar-refractivity contribution in [1.29, 1.82) is 0 Å². The summed E-state index contributed by atoms with van der Waals surface area (Å²) in [5.74, 6) is -4.00. The number of halogens is 5. The van der Waals surface area contributed by atoms with Crippen LogP contribution in [0.4, 0.5) is 35.7 Å². The van der Waals surface area contributed by atoms with Gasteiger partial charge in [-0.1, -0.05) is 73.2 Å². The van der Waals surface area contributed by atoms with Crippen LogP contribution in [-0.4, -0.2) is 163 Å². The molecule has 2 aliphatic carbocycles. The molecule has 6 aliphatic rings. The summed E-state index contributed by atoms with van der Waals surface area (Å²) in [6, 6.07) is 10.1. The molecule has 6 amide bonds. The van der Waals surface area contributed by atoms with Crippen molar-refractivity contribution in [1.82, 2.24) is 51.0 Å². The molecule has 6 heterocycles. The first-order valence-corrected chi connectivity index (χ1v) is 33.9. The molecule has 7 N–H and O–H groups in total. The molecular weight excluding hydrogens is 1350 g/mol. The van der Waals surface area contributed by atoms with Gasteiger partial charge in [-0.15, -0.1) is 0 Å². The van der Waals surface area contributed by atoms with E-state index in [0.717, 1.165) is 38.5 Å². The fraction of sp³-hybridized carbons (Fsp3) is 0.529. The van der Waals surface area contributed by atoms with Crippen molar-refractivity contribution >= 4 is 99.9 Å². The highest BCUT2D eigenvalue weighted by atomic mass is 35.5. The van der Waals surface area contributed by atoms with Gasteiger partial charge in [0, 0.05) is 48.2 Å². The maximum absolute atomic E-state index is 14.2. The number of hydrogen-bond acceptors (Lipinski definition) is 20. The van der Waals surface area contributed by atoms with E-state index >= 15 is 0 Å². The number of fused-ring (bicyclic) bond motifs is 4. The van der Waals surface area contributed by atoms with Crippen LogP contribution in [0.25, 0.3) is 0 Å². The number of amides is 6. The van der Waals surface area contributed by atoms with Crippen molar-refractivity contribution in [2.24, 2.45) is 11.8 Å². The van der Waals surface area contributed by atoms with Gasteiger partial charge in [0.2, 0.25) is 46.6 Å². The highest BCUT2D eigenvalue weighted by molar-refractivity contribution is 6.32. The van der Waals surface area contributed by atoms with Crippen LogP contribution in [0, 0.1) is 23.5 Å². The van der Waals surface area contributed by atoms with Gasteiger partial charge in [-0.05, 0) is 153 Å². The lowest BCUT2D eigenvalue weighted by Crippen LogP contribution is -2.56. The molecule has 4 fully saturated rings. The van der Waals surface area contributed by atoms with Crippen LogP contribution in [-0.2, 0) is 47.7 Å². The van der Waals surface area contributed by atoms with Gasteiger partial charge >= 0.3 is 24.1 Å². The lowest BCUT2D eigenvalue weighted by Gasteiger charge is -2.30. The van der Waals surface area contributed by atoms with E-state index < -0.39 is 112 Å². The minimum atomic E-state index is -1.24. The summed E-state index contributed by atoms with van der Waals surface area (Å²) in [6.07, 6.45) is 12.8. The first-order valence-electron chi connectivity index (χ1n) is 32.7. The van der Waals surface area contributed by atoms with Gasteiger partial charge in [-0.25, -0.2) is 37.9 Å². The quantitative estimate of drug-likeness (QED) is 0.0215. The number of hydrogen-bond donors (Lipinski definition) is 6. The molecule has 4 aliphatic heterocycles. The van der Waals surface area contributed by atoms with E-state index in [2.05, 4.69) is 46.5 Å². The number of carbonyl (C=O) groups is 8. The zero-order chi connectivity index (χ0) is 72.0. The summed E-state index contributed by atoms with van der Waals surface area (Å²) in [7, 11) is 2.55. The zero-order valence-electron chi connectivity index (χ0n) is 56.4. The smallest absolute Gasteiger partial charge is 0.408 e. The topological polar surface area (TPSA) is 336 Å². The lowest BCUT2D eigenvalue weighted by atomic mass is 10.0. The minimum absolute atomic E-state index is 0.0111. The average molecular weight is 1440 g/mol. The molecule has 2 aromatic carbocycles. The van der Waals surface area contributed by atoms with Crippen LogP contribution < -0.4 is 41.8 Å². The van der Waals surface area contributed by atoms with Gasteiger partial charge in [-0.3, -0.25) is 19.2 Å². The minimum Gasteiger partial charge on any atom is -0.472 e. The summed E-state index contributed by atoms with van der Waals surface area (Å²) in [5.41, 5.74) is 2.35. The standard InChI is InChI=1S/C34H42ClFN6O7.C28H37Cl2N5O7.C6H6FN/c1-33(2,3)49-32(46)38-24-11-9-7-5-6-8-10-20-18-34(20,30(45)47-4)41-28(43)25-16-23(19-42(25)29(24)44)48-27-17-26(35)39-31(40-27)37-22-14-12-21(36)13-15-22;1-27(2,3)42-26(39)31-18-11-9-7-5-6-8-10-16-14-28(16,24(38)40-4)34-22(36)19-12-17(15-35(19)23(18)37)41-21-13-20(29)32-25(30)33-21;7-5-1-3-6(8)4-2-5/h8,10,12-15,17,20,23-25H,5-7,9,11,16,18-19H2,1-4H3,(H,38,46)(H,41,43)(H,37,39,40);8,10,13,16-19H,5-7,9,11-12,14-15H2,1-4H3,(H,31,39)(H,34,36);1-4H,8H2/b2*10-8-;/t20-,23-,24+,25+,34-;16-,17-,18+,19+,28-;/m11./s1. The van der Waals surface area contributed by atoms with E-state index in [9.17, 15) is 47.1 Å². The predicted molar refractivity (Wildman–Crippen MR) is 361 cm³/mol. The molecule has 99 heavy (non-hydrogen) atoms. The van der Waals surface area contributed by atoms with Crippen LogP contribution >= 0.6 is 34.8 Å². The van der Waals surface area contributed by atoms with E-state index in [1.54, 1.807) is 41.5 Å². The number of alkyl carbamates (subject to hydrolysis) is 2. The number of carbonyl (C=O) groups excluding carboxylic acids is 8. The molecule has 10 rings (SSSR count). The molecule has 2 saturated heterocycles. The third-order valence-corrected chi connectivity index (χ3v) is 17.4. The number of nitrogen functional groups attached to an aromatic ring is 1. The second kappa shape index (κ2) is 33.5. The number of nitrogens with one attached hydrogen (secondary N) is 5. The number of rotatable bonds is 10. The third kappa shape index (κ3) is 21.7. The summed E-state index contributed by atoms with van der Waals surface area (Å²) < 4.78 is 58.6. The summed E-state index contributed by atoms with van der Waals surface area (Å²) in [4.78, 5) is 126. The first kappa shape index (κ1) is 76.1. The molecule has 2 aromatic heterocycles. The fourth-order valence-electron chi connectivity index (χ4n) is 11.9. The molecule has 0 radical (unpaired) electrons. The molecule has 10 atom stereocenters. The Bertz CT molecular complexity index is 3580.